The third-order valence-electron chi connectivity index (χ3n) is 6.51. The third kappa shape index (κ3) is 3.75. The Morgan fingerprint density at radius 2 is 1.81 bits per heavy atom. The van der Waals surface area contributed by atoms with Crippen LogP contribution < -0.4 is 5.73 Å². The van der Waals surface area contributed by atoms with E-state index in [1.54, 1.807) is 4.90 Å². The van der Waals surface area contributed by atoms with Crippen LogP contribution in [0.15, 0.2) is 4.99 Å². The van der Waals surface area contributed by atoms with Crippen molar-refractivity contribution in [3.05, 3.63) is 0 Å². The number of guanidine groups is 1. The number of nitrogens with two attached hydrogens (primary N) is 1. The van der Waals surface area contributed by atoms with Gasteiger partial charge in [-0.15, -0.1) is 24.0 Å². The molecular formula is C19H33IN4O3. The van der Waals surface area contributed by atoms with Gasteiger partial charge in [0.05, 0.1) is 12.1 Å². The number of fused-ring (bicyclic) bond motifs is 2. The molecule has 3 unspecified atom stereocenters. The van der Waals surface area contributed by atoms with Crippen LogP contribution in [0.25, 0.3) is 0 Å². The van der Waals surface area contributed by atoms with Gasteiger partial charge in [-0.25, -0.2) is 9.79 Å². The normalized spacial score (nSPS) is 32.3. The van der Waals surface area contributed by atoms with Crippen LogP contribution in [0.1, 0.15) is 46.5 Å². The monoisotopic (exact) mass is 492 g/mol. The maximum atomic E-state index is 12.2. The number of aliphatic imine (C=N–C) groups is 1. The highest BCUT2D eigenvalue weighted by atomic mass is 127. The van der Waals surface area contributed by atoms with Crippen molar-refractivity contribution in [1.82, 2.24) is 9.80 Å². The number of nitrogens with zero attached hydrogens (tertiary/aromatic N) is 3. The molecule has 0 aromatic rings. The van der Waals surface area contributed by atoms with Crippen molar-refractivity contribution in [3.63, 3.8) is 0 Å². The summed E-state index contributed by atoms with van der Waals surface area (Å²) in [6.07, 6.45) is 5.02. The summed E-state index contributed by atoms with van der Waals surface area (Å²) in [7, 11) is 0. The summed E-state index contributed by atoms with van der Waals surface area (Å²) >= 11 is 0. The molecule has 3 atom stereocenters. The maximum absolute atomic E-state index is 12.2. The molecule has 4 aliphatic rings. The Bertz CT molecular complexity index is 594. The Morgan fingerprint density at radius 1 is 1.19 bits per heavy atom. The molecule has 0 bridgehead atoms. The van der Waals surface area contributed by atoms with Crippen molar-refractivity contribution in [2.24, 2.45) is 22.1 Å². The Hall–Kier alpha value is -0.770. The molecule has 7 nitrogen and oxygen atoms in total. The van der Waals surface area contributed by atoms with Gasteiger partial charge in [0.2, 0.25) is 0 Å². The fourth-order valence-electron chi connectivity index (χ4n) is 5.06. The first-order chi connectivity index (χ1) is 12.3. The van der Waals surface area contributed by atoms with Gasteiger partial charge in [-0.1, -0.05) is 6.42 Å². The van der Waals surface area contributed by atoms with Crippen LogP contribution in [0.2, 0.25) is 0 Å². The molecule has 0 aromatic carbocycles. The van der Waals surface area contributed by atoms with Crippen LogP contribution in [-0.2, 0) is 9.47 Å². The maximum Gasteiger partial charge on any atom is 0.410 e. The smallest absolute Gasteiger partial charge is 0.410 e. The number of ether oxygens (including phenoxy) is 2. The first kappa shape index (κ1) is 21.0. The zero-order valence-corrected chi connectivity index (χ0v) is 19.0. The van der Waals surface area contributed by atoms with Crippen molar-refractivity contribution in [3.8, 4) is 0 Å². The number of hydrogen-bond acceptors (Lipinski definition) is 4. The van der Waals surface area contributed by atoms with E-state index in [2.05, 4.69) is 4.90 Å². The standard InChI is InChI=1S/C19H32N4O3.HI/c1-18(2,3)26-17(24)23-10-8-22(9-11-23)16(20)21-14-13-5-12-25-15(13)19(14)6-4-7-19;/h13-15H,4-12H2,1-3H3,(H2,20,21);1H. The quantitative estimate of drug-likeness (QED) is 0.346. The van der Waals surface area contributed by atoms with E-state index >= 15 is 0 Å². The van der Waals surface area contributed by atoms with E-state index in [1.807, 2.05) is 20.8 Å². The summed E-state index contributed by atoms with van der Waals surface area (Å²) in [5.41, 5.74) is 6.17. The van der Waals surface area contributed by atoms with Crippen molar-refractivity contribution < 1.29 is 14.3 Å². The lowest BCUT2D eigenvalue weighted by Gasteiger charge is -2.61. The molecule has 2 heterocycles. The van der Waals surface area contributed by atoms with Gasteiger partial charge in [0, 0.05) is 44.1 Å². The summed E-state index contributed by atoms with van der Waals surface area (Å²) in [5.74, 6) is 1.19. The average molecular weight is 492 g/mol. The summed E-state index contributed by atoms with van der Waals surface area (Å²) in [6, 6.07) is 0.327. The number of hydrogen-bond donors (Lipinski definition) is 1. The number of carbonyl (C=O) groups is 1. The summed E-state index contributed by atoms with van der Waals surface area (Å²) in [4.78, 5) is 21.0. The predicted molar refractivity (Wildman–Crippen MR) is 114 cm³/mol. The molecule has 2 aliphatic heterocycles. The third-order valence-corrected chi connectivity index (χ3v) is 6.51. The minimum absolute atomic E-state index is 0. The molecule has 8 heteroatoms. The average Bonchev–Trinajstić information content (AvgIpc) is 2.94. The Kier molecular flexibility index (Phi) is 5.88. The largest absolute Gasteiger partial charge is 0.444 e. The Labute approximate surface area is 179 Å². The lowest BCUT2D eigenvalue weighted by molar-refractivity contribution is -0.164. The van der Waals surface area contributed by atoms with Crippen molar-refractivity contribution >= 4 is 36.0 Å². The SMILES string of the molecule is CC(C)(C)OC(=O)N1CCN(C(N)=NC2C3CCOC3C23CCC3)CC1.I. The van der Waals surface area contributed by atoms with Gasteiger partial charge in [-0.2, -0.15) is 0 Å². The zero-order chi connectivity index (χ0) is 18.5. The molecule has 4 rings (SSSR count). The van der Waals surface area contributed by atoms with Gasteiger partial charge in [-0.3, -0.25) is 0 Å². The van der Waals surface area contributed by atoms with E-state index in [4.69, 9.17) is 20.2 Å². The minimum Gasteiger partial charge on any atom is -0.444 e. The summed E-state index contributed by atoms with van der Waals surface area (Å²) in [5, 5.41) is 0. The first-order valence-corrected chi connectivity index (χ1v) is 9.98. The molecule has 2 saturated heterocycles. The second kappa shape index (κ2) is 7.57. The minimum atomic E-state index is -0.462. The van der Waals surface area contributed by atoms with Crippen molar-refractivity contribution in [2.75, 3.05) is 32.8 Å². The van der Waals surface area contributed by atoms with Crippen LogP contribution >= 0.6 is 24.0 Å². The van der Waals surface area contributed by atoms with Crippen molar-refractivity contribution in [1.29, 1.82) is 0 Å². The zero-order valence-electron chi connectivity index (χ0n) is 16.6. The number of amides is 1. The molecule has 2 aliphatic carbocycles. The lowest BCUT2D eigenvalue weighted by atomic mass is 9.46. The van der Waals surface area contributed by atoms with E-state index in [9.17, 15) is 4.79 Å². The molecule has 154 valence electrons. The van der Waals surface area contributed by atoms with Gasteiger partial charge < -0.3 is 25.0 Å². The fraction of sp³-hybridized carbons (Fsp3) is 0.895. The summed E-state index contributed by atoms with van der Waals surface area (Å²) in [6.45, 7) is 9.20. The lowest BCUT2D eigenvalue weighted by Crippen LogP contribution is -2.66. The predicted octanol–water partition coefficient (Wildman–Crippen LogP) is 2.43. The molecule has 1 spiro atoms. The number of halogens is 1. The van der Waals surface area contributed by atoms with E-state index in [0.717, 1.165) is 13.0 Å². The molecule has 2 saturated carbocycles. The van der Waals surface area contributed by atoms with Crippen LogP contribution in [-0.4, -0.2) is 72.4 Å². The number of piperazine rings is 1. The second-order valence-electron chi connectivity index (χ2n) is 9.22. The second-order valence-corrected chi connectivity index (χ2v) is 9.22. The number of carbonyl (C=O) groups excluding carboxylic acids is 1. The van der Waals surface area contributed by atoms with Gasteiger partial charge in [0.15, 0.2) is 5.96 Å². The highest BCUT2D eigenvalue weighted by Gasteiger charge is 2.67. The van der Waals surface area contributed by atoms with E-state index in [1.165, 1.54) is 19.3 Å². The molecule has 4 fully saturated rings. The van der Waals surface area contributed by atoms with Crippen LogP contribution in [0.5, 0.6) is 0 Å². The highest BCUT2D eigenvalue weighted by Crippen LogP contribution is 2.64. The molecule has 2 N–H and O–H groups in total. The van der Waals surface area contributed by atoms with E-state index in [0.29, 0.717) is 50.2 Å². The summed E-state index contributed by atoms with van der Waals surface area (Å²) < 4.78 is 11.4. The number of rotatable bonds is 1. The fourth-order valence-corrected chi connectivity index (χ4v) is 5.06. The van der Waals surface area contributed by atoms with Crippen LogP contribution in [0, 0.1) is 11.3 Å². The highest BCUT2D eigenvalue weighted by molar-refractivity contribution is 14.0. The van der Waals surface area contributed by atoms with Gasteiger partial charge in [-0.05, 0) is 40.0 Å². The molecule has 0 radical (unpaired) electrons. The van der Waals surface area contributed by atoms with Gasteiger partial charge in [0.1, 0.15) is 5.60 Å². The Morgan fingerprint density at radius 3 is 2.37 bits per heavy atom. The van der Waals surface area contributed by atoms with Gasteiger partial charge >= 0.3 is 6.09 Å². The molecule has 0 aromatic heterocycles. The Balaban J connectivity index is 0.00000210. The molecule has 1 amide bonds. The molecule has 27 heavy (non-hydrogen) atoms. The molecular weight excluding hydrogens is 459 g/mol. The van der Waals surface area contributed by atoms with E-state index < -0.39 is 5.60 Å². The van der Waals surface area contributed by atoms with Crippen LogP contribution in [0.3, 0.4) is 0 Å². The van der Waals surface area contributed by atoms with Crippen LogP contribution in [0.4, 0.5) is 4.79 Å². The topological polar surface area (TPSA) is 80.4 Å². The van der Waals surface area contributed by atoms with E-state index in [-0.39, 0.29) is 35.5 Å². The first-order valence-electron chi connectivity index (χ1n) is 9.98. The van der Waals surface area contributed by atoms with Crippen molar-refractivity contribution in [2.45, 2.75) is 64.2 Å². The van der Waals surface area contributed by atoms with Gasteiger partial charge in [0.25, 0.3) is 0 Å².